The Bertz CT molecular complexity index is 691. The number of halogens is 1. The lowest BCUT2D eigenvalue weighted by Gasteiger charge is -2.34. The highest BCUT2D eigenvalue weighted by Gasteiger charge is 2.31. The van der Waals surface area contributed by atoms with E-state index in [-0.39, 0.29) is 5.92 Å². The zero-order chi connectivity index (χ0) is 15.7. The number of hydrogen-bond donors (Lipinski definition) is 1. The van der Waals surface area contributed by atoms with Gasteiger partial charge in [-0.2, -0.15) is 0 Å². The van der Waals surface area contributed by atoms with Crippen LogP contribution in [0.15, 0.2) is 24.3 Å². The number of nitrogens with zero attached hydrogens (tertiary/aromatic N) is 3. The minimum Gasteiger partial charge on any atom is -0.481 e. The molecular weight excluding hydrogens is 322 g/mol. The van der Waals surface area contributed by atoms with Crippen molar-refractivity contribution in [3.8, 4) is 10.6 Å². The lowest BCUT2D eigenvalue weighted by atomic mass is 9.91. The third-order valence-corrected chi connectivity index (χ3v) is 5.15. The molecule has 1 aliphatic heterocycles. The topological polar surface area (TPSA) is 66.3 Å². The van der Waals surface area contributed by atoms with E-state index in [9.17, 15) is 9.90 Å². The Morgan fingerprint density at radius 3 is 2.86 bits per heavy atom. The average Bonchev–Trinajstić information content (AvgIpc) is 2.96. The van der Waals surface area contributed by atoms with Gasteiger partial charge in [0.25, 0.3) is 0 Å². The maximum absolute atomic E-state index is 11.3. The molecule has 0 bridgehead atoms. The molecule has 1 aromatic heterocycles. The van der Waals surface area contributed by atoms with Crippen LogP contribution in [-0.2, 0) is 4.79 Å². The summed E-state index contributed by atoms with van der Waals surface area (Å²) >= 11 is 7.64. The fourth-order valence-electron chi connectivity index (χ4n) is 2.77. The Kier molecular flexibility index (Phi) is 4.31. The summed E-state index contributed by atoms with van der Waals surface area (Å²) in [6.45, 7) is 3.36. The van der Waals surface area contributed by atoms with Gasteiger partial charge >= 0.3 is 5.97 Å². The fourth-order valence-corrected chi connectivity index (χ4v) is 3.96. The number of hydrogen-bond acceptors (Lipinski definition) is 5. The van der Waals surface area contributed by atoms with Gasteiger partial charge in [-0.15, -0.1) is 10.2 Å². The second-order valence-corrected chi connectivity index (χ2v) is 7.01. The van der Waals surface area contributed by atoms with Crippen molar-refractivity contribution in [3.05, 3.63) is 29.3 Å². The molecule has 2 atom stereocenters. The molecule has 0 radical (unpaired) electrons. The molecule has 7 heteroatoms. The summed E-state index contributed by atoms with van der Waals surface area (Å²) in [7, 11) is 0. The normalized spacial score (nSPS) is 21.8. The van der Waals surface area contributed by atoms with Gasteiger partial charge in [-0.3, -0.25) is 4.79 Å². The van der Waals surface area contributed by atoms with E-state index < -0.39 is 5.97 Å². The Hall–Kier alpha value is -1.66. The van der Waals surface area contributed by atoms with E-state index in [0.717, 1.165) is 22.2 Å². The molecule has 3 rings (SSSR count). The van der Waals surface area contributed by atoms with E-state index in [1.54, 1.807) is 0 Å². The van der Waals surface area contributed by atoms with Crippen molar-refractivity contribution in [3.63, 3.8) is 0 Å². The number of carbonyl (C=O) groups is 1. The number of piperidine rings is 1. The second kappa shape index (κ2) is 6.22. The maximum Gasteiger partial charge on any atom is 0.308 e. The van der Waals surface area contributed by atoms with Gasteiger partial charge in [-0.1, -0.05) is 48.1 Å². The van der Waals surface area contributed by atoms with Gasteiger partial charge in [0.2, 0.25) is 5.13 Å². The summed E-state index contributed by atoms with van der Waals surface area (Å²) in [5, 5.41) is 19.9. The van der Waals surface area contributed by atoms with Crippen LogP contribution in [-0.4, -0.2) is 34.4 Å². The molecule has 1 saturated heterocycles. The Morgan fingerprint density at radius 2 is 2.14 bits per heavy atom. The monoisotopic (exact) mass is 337 g/mol. The first-order valence-corrected chi connectivity index (χ1v) is 8.30. The molecule has 5 nitrogen and oxygen atoms in total. The summed E-state index contributed by atoms with van der Waals surface area (Å²) in [6.07, 6.45) is 0.710. The third-order valence-electron chi connectivity index (χ3n) is 3.80. The summed E-state index contributed by atoms with van der Waals surface area (Å²) in [6, 6.07) is 7.51. The third kappa shape index (κ3) is 3.08. The lowest BCUT2D eigenvalue weighted by molar-refractivity contribution is -0.142. The van der Waals surface area contributed by atoms with Crippen LogP contribution in [0, 0.1) is 11.8 Å². The van der Waals surface area contributed by atoms with Crippen molar-refractivity contribution in [2.24, 2.45) is 11.8 Å². The van der Waals surface area contributed by atoms with E-state index in [0.29, 0.717) is 23.9 Å². The number of carboxylic acid groups (broad SMARTS) is 1. The van der Waals surface area contributed by atoms with Gasteiger partial charge in [0, 0.05) is 18.7 Å². The number of aromatic nitrogens is 2. The van der Waals surface area contributed by atoms with Crippen molar-refractivity contribution < 1.29 is 9.90 Å². The number of carboxylic acids is 1. The van der Waals surface area contributed by atoms with Gasteiger partial charge in [0.05, 0.1) is 10.9 Å². The lowest BCUT2D eigenvalue weighted by Crippen LogP contribution is -2.42. The van der Waals surface area contributed by atoms with E-state index in [1.807, 2.05) is 29.2 Å². The van der Waals surface area contributed by atoms with Crippen LogP contribution < -0.4 is 4.90 Å². The highest BCUT2D eigenvalue weighted by molar-refractivity contribution is 7.18. The summed E-state index contributed by atoms with van der Waals surface area (Å²) in [5.74, 6) is -0.772. The molecule has 2 unspecified atom stereocenters. The molecular formula is C15H16ClN3O2S. The van der Waals surface area contributed by atoms with Crippen molar-refractivity contribution in [2.75, 3.05) is 18.0 Å². The van der Waals surface area contributed by atoms with Crippen molar-refractivity contribution in [1.82, 2.24) is 10.2 Å². The van der Waals surface area contributed by atoms with Crippen LogP contribution in [0.4, 0.5) is 5.13 Å². The highest BCUT2D eigenvalue weighted by Crippen LogP contribution is 2.35. The molecule has 1 aliphatic rings. The summed E-state index contributed by atoms with van der Waals surface area (Å²) in [4.78, 5) is 13.3. The van der Waals surface area contributed by atoms with Crippen LogP contribution in [0.25, 0.3) is 10.6 Å². The molecule has 2 aromatic rings. The molecule has 1 fully saturated rings. The van der Waals surface area contributed by atoms with Crippen LogP contribution in [0.1, 0.15) is 13.3 Å². The predicted molar refractivity (Wildman–Crippen MR) is 87.5 cm³/mol. The molecule has 1 aromatic carbocycles. The maximum atomic E-state index is 11.3. The minimum absolute atomic E-state index is 0.322. The molecule has 0 spiro atoms. The van der Waals surface area contributed by atoms with Crippen LogP contribution >= 0.6 is 22.9 Å². The van der Waals surface area contributed by atoms with E-state index in [1.165, 1.54) is 11.3 Å². The first-order chi connectivity index (χ1) is 10.5. The SMILES string of the molecule is CC1CC(C(=O)O)CN(c2nnc(-c3ccccc3Cl)s2)C1. The Balaban J connectivity index is 1.84. The van der Waals surface area contributed by atoms with E-state index in [2.05, 4.69) is 17.1 Å². The quantitative estimate of drug-likeness (QED) is 0.929. The van der Waals surface area contributed by atoms with Gasteiger partial charge in [0.1, 0.15) is 0 Å². The van der Waals surface area contributed by atoms with Crippen molar-refractivity contribution in [2.45, 2.75) is 13.3 Å². The van der Waals surface area contributed by atoms with Gasteiger partial charge in [0.15, 0.2) is 5.01 Å². The second-order valence-electron chi connectivity index (χ2n) is 5.65. The number of rotatable bonds is 3. The van der Waals surface area contributed by atoms with Crippen molar-refractivity contribution >= 4 is 34.0 Å². The first kappa shape index (κ1) is 15.2. The van der Waals surface area contributed by atoms with Gasteiger partial charge in [-0.25, -0.2) is 0 Å². The van der Waals surface area contributed by atoms with Crippen LogP contribution in [0.3, 0.4) is 0 Å². The average molecular weight is 338 g/mol. The number of aliphatic carboxylic acids is 1. The van der Waals surface area contributed by atoms with Crippen LogP contribution in [0.2, 0.25) is 5.02 Å². The molecule has 1 N–H and O–H groups in total. The number of anilines is 1. The molecule has 0 saturated carbocycles. The zero-order valence-electron chi connectivity index (χ0n) is 12.1. The predicted octanol–water partition coefficient (Wildman–Crippen LogP) is 3.41. The molecule has 2 heterocycles. The number of benzene rings is 1. The van der Waals surface area contributed by atoms with Gasteiger partial charge in [-0.05, 0) is 18.4 Å². The molecule has 0 aliphatic carbocycles. The fraction of sp³-hybridized carbons (Fsp3) is 0.400. The molecule has 0 amide bonds. The molecule has 116 valence electrons. The smallest absolute Gasteiger partial charge is 0.308 e. The van der Waals surface area contributed by atoms with E-state index in [4.69, 9.17) is 11.6 Å². The largest absolute Gasteiger partial charge is 0.481 e. The summed E-state index contributed by atoms with van der Waals surface area (Å²) < 4.78 is 0. The Labute approximate surface area is 137 Å². The Morgan fingerprint density at radius 1 is 1.36 bits per heavy atom. The van der Waals surface area contributed by atoms with Crippen molar-refractivity contribution in [1.29, 1.82) is 0 Å². The molecule has 22 heavy (non-hydrogen) atoms. The summed E-state index contributed by atoms with van der Waals surface area (Å²) in [5.41, 5.74) is 0.854. The van der Waals surface area contributed by atoms with Gasteiger partial charge < -0.3 is 10.0 Å². The van der Waals surface area contributed by atoms with Crippen LogP contribution in [0.5, 0.6) is 0 Å². The minimum atomic E-state index is -0.743. The standard InChI is InChI=1S/C15H16ClN3O2S/c1-9-6-10(14(20)21)8-19(7-9)15-18-17-13(22-15)11-4-2-3-5-12(11)16/h2-5,9-10H,6-8H2,1H3,(H,20,21). The van der Waals surface area contributed by atoms with E-state index >= 15 is 0 Å². The highest BCUT2D eigenvalue weighted by atomic mass is 35.5. The zero-order valence-corrected chi connectivity index (χ0v) is 13.6. The first-order valence-electron chi connectivity index (χ1n) is 7.10.